The summed E-state index contributed by atoms with van der Waals surface area (Å²) in [5.41, 5.74) is 0. The van der Waals surface area contributed by atoms with Crippen LogP contribution < -0.4 is 10.6 Å². The molecule has 0 bridgehead atoms. The summed E-state index contributed by atoms with van der Waals surface area (Å²) < 4.78 is 0. The number of hydrogen-bond donors (Lipinski definition) is 2. The Kier molecular flexibility index (Phi) is 10.2. The highest BCUT2D eigenvalue weighted by atomic mass is 127. The molecule has 0 aliphatic heterocycles. The number of aliphatic imine (C=N–C) groups is 1. The summed E-state index contributed by atoms with van der Waals surface area (Å²) in [6.45, 7) is 3.95. The molecule has 2 N–H and O–H groups in total. The van der Waals surface area contributed by atoms with Gasteiger partial charge in [0, 0.05) is 18.6 Å². The normalized spacial score (nSPS) is 21.3. The largest absolute Gasteiger partial charge is 0.357 e. The van der Waals surface area contributed by atoms with Crippen LogP contribution in [0.4, 0.5) is 0 Å². The molecule has 134 valence electrons. The van der Waals surface area contributed by atoms with Crippen LogP contribution in [0.5, 0.6) is 0 Å². The van der Waals surface area contributed by atoms with Gasteiger partial charge in [-0.05, 0) is 52.6 Å². The summed E-state index contributed by atoms with van der Waals surface area (Å²) in [7, 11) is 4.41. The van der Waals surface area contributed by atoms with E-state index in [9.17, 15) is 0 Å². The molecule has 0 aromatic rings. The molecule has 2 aliphatic carbocycles. The molecule has 2 aliphatic rings. The Bertz CT molecular complexity index is 367. The molecule has 2 rings (SSSR count). The molecule has 23 heavy (non-hydrogen) atoms. The van der Waals surface area contributed by atoms with Gasteiger partial charge in [-0.3, -0.25) is 4.99 Å². The van der Waals surface area contributed by atoms with E-state index in [0.29, 0.717) is 12.1 Å². The smallest absolute Gasteiger partial charge is 0.191 e. The second kappa shape index (κ2) is 11.3. The molecule has 0 aromatic heterocycles. The molecule has 1 atom stereocenters. The fourth-order valence-electron chi connectivity index (χ4n) is 3.69. The lowest BCUT2D eigenvalue weighted by Gasteiger charge is -2.34. The standard InChI is InChI=1S/C18H34N4.HI/c1-4-19-18(21-16-12-8-9-13-16)20-14-17(22(2)3)15-10-6-5-7-11-15;/h8-9,15-17H,4-7,10-14H2,1-3H3,(H2,19,20,21);1H. The third-order valence-corrected chi connectivity index (χ3v) is 4.99. The Hall–Kier alpha value is -0.300. The first-order valence-electron chi connectivity index (χ1n) is 9.07. The van der Waals surface area contributed by atoms with Crippen molar-refractivity contribution in [1.29, 1.82) is 0 Å². The topological polar surface area (TPSA) is 39.7 Å². The number of rotatable bonds is 6. The molecule has 4 nitrogen and oxygen atoms in total. The highest BCUT2D eigenvalue weighted by Crippen LogP contribution is 2.28. The molecule has 0 spiro atoms. The molecule has 1 saturated carbocycles. The fraction of sp³-hybridized carbons (Fsp3) is 0.833. The minimum absolute atomic E-state index is 0. The fourth-order valence-corrected chi connectivity index (χ4v) is 3.69. The monoisotopic (exact) mass is 434 g/mol. The SMILES string of the molecule is CCNC(=NCC(C1CCCCC1)N(C)C)NC1CC=CC1.I. The van der Waals surface area contributed by atoms with E-state index >= 15 is 0 Å². The zero-order valence-electron chi connectivity index (χ0n) is 15.1. The molecule has 0 saturated heterocycles. The summed E-state index contributed by atoms with van der Waals surface area (Å²) in [5.74, 6) is 1.79. The number of nitrogens with one attached hydrogen (secondary N) is 2. The van der Waals surface area contributed by atoms with Crippen LogP contribution >= 0.6 is 24.0 Å². The van der Waals surface area contributed by atoms with Gasteiger partial charge in [-0.15, -0.1) is 24.0 Å². The van der Waals surface area contributed by atoms with Gasteiger partial charge in [0.2, 0.25) is 0 Å². The molecule has 0 aromatic carbocycles. The lowest BCUT2D eigenvalue weighted by atomic mass is 9.83. The average Bonchev–Trinajstić information content (AvgIpc) is 3.01. The highest BCUT2D eigenvalue weighted by Gasteiger charge is 2.25. The van der Waals surface area contributed by atoms with Crippen LogP contribution in [0.2, 0.25) is 0 Å². The number of likely N-dealkylation sites (N-methyl/N-ethyl adjacent to an activating group) is 1. The van der Waals surface area contributed by atoms with Crippen LogP contribution in [0.25, 0.3) is 0 Å². The summed E-state index contributed by atoms with van der Waals surface area (Å²) in [6.07, 6.45) is 13.7. The Morgan fingerprint density at radius 3 is 2.39 bits per heavy atom. The van der Waals surface area contributed by atoms with E-state index in [2.05, 4.69) is 48.7 Å². The highest BCUT2D eigenvalue weighted by molar-refractivity contribution is 14.0. The third-order valence-electron chi connectivity index (χ3n) is 4.99. The third kappa shape index (κ3) is 6.99. The minimum Gasteiger partial charge on any atom is -0.357 e. The molecule has 1 unspecified atom stereocenters. The van der Waals surface area contributed by atoms with E-state index in [4.69, 9.17) is 4.99 Å². The zero-order valence-corrected chi connectivity index (χ0v) is 17.4. The maximum Gasteiger partial charge on any atom is 0.191 e. The zero-order chi connectivity index (χ0) is 15.8. The van der Waals surface area contributed by atoms with Gasteiger partial charge in [0.15, 0.2) is 5.96 Å². The molecular formula is C18H35IN4. The summed E-state index contributed by atoms with van der Waals surface area (Å²) in [4.78, 5) is 7.27. The lowest BCUT2D eigenvalue weighted by Crippen LogP contribution is -2.44. The van der Waals surface area contributed by atoms with Crippen molar-refractivity contribution < 1.29 is 0 Å². The van der Waals surface area contributed by atoms with E-state index in [1.807, 2.05) is 0 Å². The summed E-state index contributed by atoms with van der Waals surface area (Å²) in [5, 5.41) is 6.97. The van der Waals surface area contributed by atoms with Gasteiger partial charge in [-0.2, -0.15) is 0 Å². The van der Waals surface area contributed by atoms with Gasteiger partial charge >= 0.3 is 0 Å². The van der Waals surface area contributed by atoms with E-state index in [1.54, 1.807) is 0 Å². The predicted molar refractivity (Wildman–Crippen MR) is 111 cm³/mol. The lowest BCUT2D eigenvalue weighted by molar-refractivity contribution is 0.176. The van der Waals surface area contributed by atoms with Crippen molar-refractivity contribution in [1.82, 2.24) is 15.5 Å². The minimum atomic E-state index is 0. The van der Waals surface area contributed by atoms with Crippen molar-refractivity contribution in [2.24, 2.45) is 10.9 Å². The molecular weight excluding hydrogens is 399 g/mol. The second-order valence-electron chi connectivity index (χ2n) is 6.93. The number of nitrogens with zero attached hydrogens (tertiary/aromatic N) is 2. The Labute approximate surface area is 159 Å². The maximum atomic E-state index is 4.90. The first kappa shape index (κ1) is 20.7. The first-order chi connectivity index (χ1) is 10.7. The Balaban J connectivity index is 0.00000264. The maximum absolute atomic E-state index is 4.90. The Morgan fingerprint density at radius 2 is 1.83 bits per heavy atom. The van der Waals surface area contributed by atoms with Crippen LogP contribution in [0, 0.1) is 5.92 Å². The van der Waals surface area contributed by atoms with Gasteiger partial charge < -0.3 is 15.5 Å². The summed E-state index contributed by atoms with van der Waals surface area (Å²) in [6, 6.07) is 1.09. The van der Waals surface area contributed by atoms with E-state index in [-0.39, 0.29) is 24.0 Å². The van der Waals surface area contributed by atoms with E-state index in [0.717, 1.165) is 37.8 Å². The van der Waals surface area contributed by atoms with Gasteiger partial charge in [-0.25, -0.2) is 0 Å². The van der Waals surface area contributed by atoms with Gasteiger partial charge in [0.05, 0.1) is 6.54 Å². The van der Waals surface area contributed by atoms with Crippen LogP contribution in [0.3, 0.4) is 0 Å². The van der Waals surface area contributed by atoms with Crippen LogP contribution in [0.1, 0.15) is 51.9 Å². The van der Waals surface area contributed by atoms with E-state index in [1.165, 1.54) is 32.1 Å². The van der Waals surface area contributed by atoms with Gasteiger partial charge in [0.1, 0.15) is 0 Å². The van der Waals surface area contributed by atoms with Crippen LogP contribution in [0.15, 0.2) is 17.1 Å². The number of hydrogen-bond acceptors (Lipinski definition) is 2. The van der Waals surface area contributed by atoms with Gasteiger partial charge in [-0.1, -0.05) is 31.4 Å². The molecule has 0 amide bonds. The van der Waals surface area contributed by atoms with Crippen molar-refractivity contribution >= 4 is 29.9 Å². The number of halogens is 1. The quantitative estimate of drug-likeness (QED) is 0.292. The average molecular weight is 434 g/mol. The molecule has 5 heteroatoms. The van der Waals surface area contributed by atoms with Crippen molar-refractivity contribution in [3.63, 3.8) is 0 Å². The van der Waals surface area contributed by atoms with Crippen LogP contribution in [-0.4, -0.2) is 50.1 Å². The second-order valence-corrected chi connectivity index (χ2v) is 6.93. The van der Waals surface area contributed by atoms with E-state index < -0.39 is 0 Å². The summed E-state index contributed by atoms with van der Waals surface area (Å²) >= 11 is 0. The van der Waals surface area contributed by atoms with Crippen LogP contribution in [-0.2, 0) is 0 Å². The van der Waals surface area contributed by atoms with Crippen molar-refractivity contribution in [2.75, 3.05) is 27.2 Å². The van der Waals surface area contributed by atoms with Crippen molar-refractivity contribution in [3.8, 4) is 0 Å². The number of guanidine groups is 1. The van der Waals surface area contributed by atoms with Gasteiger partial charge in [0.25, 0.3) is 0 Å². The van der Waals surface area contributed by atoms with Crippen molar-refractivity contribution in [2.45, 2.75) is 64.0 Å². The first-order valence-corrected chi connectivity index (χ1v) is 9.07. The molecule has 0 radical (unpaired) electrons. The predicted octanol–water partition coefficient (Wildman–Crippen LogP) is 3.39. The van der Waals surface area contributed by atoms with Crippen molar-refractivity contribution in [3.05, 3.63) is 12.2 Å². The Morgan fingerprint density at radius 1 is 1.17 bits per heavy atom. The molecule has 1 fully saturated rings. The molecule has 0 heterocycles.